The van der Waals surface area contributed by atoms with Crippen LogP contribution in [0.5, 0.6) is 0 Å². The molecule has 1 aliphatic heterocycles. The summed E-state index contributed by atoms with van der Waals surface area (Å²) in [7, 11) is 1.33. The molecule has 1 unspecified atom stereocenters. The molecule has 0 bridgehead atoms. The van der Waals surface area contributed by atoms with Crippen LogP contribution in [0.25, 0.3) is 0 Å². The van der Waals surface area contributed by atoms with Crippen molar-refractivity contribution in [1.82, 2.24) is 9.97 Å². The van der Waals surface area contributed by atoms with Crippen molar-refractivity contribution in [3.63, 3.8) is 0 Å². The molecule has 1 aromatic rings. The van der Waals surface area contributed by atoms with Crippen molar-refractivity contribution < 1.29 is 9.53 Å². The number of rotatable bonds is 2. The third-order valence-corrected chi connectivity index (χ3v) is 2.84. The lowest BCUT2D eigenvalue weighted by Gasteiger charge is -2.18. The molecule has 1 fully saturated rings. The van der Waals surface area contributed by atoms with Crippen LogP contribution in [-0.2, 0) is 4.74 Å². The van der Waals surface area contributed by atoms with Gasteiger partial charge in [-0.25, -0.2) is 14.8 Å². The predicted octanol–water partition coefficient (Wildman–Crippen LogP) is 0.109. The van der Waals surface area contributed by atoms with Crippen LogP contribution in [0.15, 0.2) is 6.20 Å². The van der Waals surface area contributed by atoms with Gasteiger partial charge in [-0.15, -0.1) is 0 Å². The van der Waals surface area contributed by atoms with Crippen LogP contribution in [0.3, 0.4) is 0 Å². The second-order valence-electron chi connectivity index (χ2n) is 4.15. The van der Waals surface area contributed by atoms with Gasteiger partial charge in [-0.3, -0.25) is 0 Å². The van der Waals surface area contributed by atoms with Crippen LogP contribution >= 0.6 is 0 Å². The van der Waals surface area contributed by atoms with E-state index in [1.165, 1.54) is 13.3 Å². The molecule has 1 aromatic heterocycles. The van der Waals surface area contributed by atoms with E-state index >= 15 is 0 Å². The van der Waals surface area contributed by atoms with E-state index in [4.69, 9.17) is 5.73 Å². The number of ether oxygens (including phenoxy) is 1. The summed E-state index contributed by atoms with van der Waals surface area (Å²) in [6.45, 7) is 3.50. The lowest BCUT2D eigenvalue weighted by molar-refractivity contribution is 0.0593. The van der Waals surface area contributed by atoms with Crippen molar-refractivity contribution >= 4 is 11.8 Å². The average molecular weight is 236 g/mol. The number of nitrogens with two attached hydrogens (primary N) is 1. The number of aryl methyl sites for hydroxylation is 1. The van der Waals surface area contributed by atoms with Gasteiger partial charge in [0.1, 0.15) is 5.82 Å². The van der Waals surface area contributed by atoms with Gasteiger partial charge in [-0.05, 0) is 13.3 Å². The molecule has 2 rings (SSSR count). The van der Waals surface area contributed by atoms with Gasteiger partial charge < -0.3 is 15.4 Å². The fraction of sp³-hybridized carbons (Fsp3) is 0.545. The Balaban J connectivity index is 2.23. The Bertz CT molecular complexity index is 435. The molecule has 0 saturated carbocycles. The van der Waals surface area contributed by atoms with Gasteiger partial charge in [-0.1, -0.05) is 0 Å². The fourth-order valence-corrected chi connectivity index (χ4v) is 1.97. The number of methoxy groups -OCH3 is 1. The van der Waals surface area contributed by atoms with E-state index in [1.54, 1.807) is 0 Å². The number of nitrogens with zero attached hydrogens (tertiary/aromatic N) is 3. The van der Waals surface area contributed by atoms with E-state index in [0.717, 1.165) is 31.0 Å². The van der Waals surface area contributed by atoms with Crippen molar-refractivity contribution in [2.75, 3.05) is 25.1 Å². The first-order valence-electron chi connectivity index (χ1n) is 5.54. The van der Waals surface area contributed by atoms with Gasteiger partial charge in [-0.2, -0.15) is 0 Å². The minimum atomic E-state index is -0.467. The van der Waals surface area contributed by atoms with Gasteiger partial charge >= 0.3 is 5.97 Å². The van der Waals surface area contributed by atoms with Crippen molar-refractivity contribution in [2.45, 2.75) is 19.4 Å². The zero-order valence-electron chi connectivity index (χ0n) is 10.0. The van der Waals surface area contributed by atoms with Gasteiger partial charge in [0, 0.05) is 19.1 Å². The zero-order chi connectivity index (χ0) is 12.4. The van der Waals surface area contributed by atoms with Gasteiger partial charge in [0.15, 0.2) is 5.69 Å². The Morgan fingerprint density at radius 2 is 2.41 bits per heavy atom. The molecule has 0 amide bonds. The Morgan fingerprint density at radius 3 is 2.94 bits per heavy atom. The molecular weight excluding hydrogens is 220 g/mol. The molecule has 2 heterocycles. The first-order valence-corrected chi connectivity index (χ1v) is 5.54. The molecule has 1 aliphatic rings. The van der Waals surface area contributed by atoms with Crippen molar-refractivity contribution in [3.8, 4) is 0 Å². The van der Waals surface area contributed by atoms with Crippen molar-refractivity contribution in [2.24, 2.45) is 5.73 Å². The molecule has 92 valence electrons. The molecule has 1 saturated heterocycles. The Labute approximate surface area is 99.8 Å². The Kier molecular flexibility index (Phi) is 3.23. The van der Waals surface area contributed by atoms with Gasteiger partial charge in [0.05, 0.1) is 19.0 Å². The third kappa shape index (κ3) is 2.36. The maximum Gasteiger partial charge on any atom is 0.358 e. The molecule has 0 aromatic carbocycles. The maximum absolute atomic E-state index is 11.3. The molecule has 6 nitrogen and oxygen atoms in total. The van der Waals surface area contributed by atoms with Crippen LogP contribution < -0.4 is 10.6 Å². The van der Waals surface area contributed by atoms with E-state index < -0.39 is 5.97 Å². The molecule has 0 spiro atoms. The number of aromatic nitrogens is 2. The monoisotopic (exact) mass is 236 g/mol. The lowest BCUT2D eigenvalue weighted by atomic mass is 10.3. The summed E-state index contributed by atoms with van der Waals surface area (Å²) < 4.78 is 4.60. The third-order valence-electron chi connectivity index (χ3n) is 2.84. The maximum atomic E-state index is 11.3. The number of carbonyl (C=O) groups excluding carboxylic acids is 1. The predicted molar refractivity (Wildman–Crippen MR) is 62.9 cm³/mol. The summed E-state index contributed by atoms with van der Waals surface area (Å²) in [6.07, 6.45) is 2.40. The standard InChI is InChI=1S/C11H16N4O2/c1-7-10(15-4-3-8(12)6-15)13-5-9(14-7)11(16)17-2/h5,8H,3-4,6,12H2,1-2H3. The number of esters is 1. The molecular formula is C11H16N4O2. The van der Waals surface area contributed by atoms with Crippen LogP contribution in [0.1, 0.15) is 22.6 Å². The number of anilines is 1. The van der Waals surface area contributed by atoms with E-state index in [-0.39, 0.29) is 11.7 Å². The summed E-state index contributed by atoms with van der Waals surface area (Å²) in [5.74, 6) is 0.330. The van der Waals surface area contributed by atoms with Crippen molar-refractivity contribution in [3.05, 3.63) is 17.6 Å². The summed E-state index contributed by atoms with van der Waals surface area (Å²) in [5.41, 5.74) is 6.81. The van der Waals surface area contributed by atoms with Crippen LogP contribution in [0, 0.1) is 6.92 Å². The quantitative estimate of drug-likeness (QED) is 0.734. The van der Waals surface area contributed by atoms with Crippen molar-refractivity contribution in [1.29, 1.82) is 0 Å². The number of carbonyl (C=O) groups is 1. The first-order chi connectivity index (χ1) is 8.11. The van der Waals surface area contributed by atoms with Crippen LogP contribution in [0.4, 0.5) is 5.82 Å². The van der Waals surface area contributed by atoms with E-state index in [2.05, 4.69) is 19.6 Å². The SMILES string of the molecule is COC(=O)c1cnc(N2CCC(N)C2)c(C)n1. The zero-order valence-corrected chi connectivity index (χ0v) is 10.0. The highest BCUT2D eigenvalue weighted by molar-refractivity contribution is 5.87. The largest absolute Gasteiger partial charge is 0.464 e. The van der Waals surface area contributed by atoms with Crippen LogP contribution in [0.2, 0.25) is 0 Å². The van der Waals surface area contributed by atoms with E-state index in [9.17, 15) is 4.79 Å². The molecule has 17 heavy (non-hydrogen) atoms. The molecule has 1 atom stereocenters. The Morgan fingerprint density at radius 1 is 1.65 bits per heavy atom. The van der Waals surface area contributed by atoms with Gasteiger partial charge in [0.25, 0.3) is 0 Å². The summed E-state index contributed by atoms with van der Waals surface area (Å²) in [6, 6.07) is 0.191. The highest BCUT2D eigenvalue weighted by Crippen LogP contribution is 2.20. The fourth-order valence-electron chi connectivity index (χ4n) is 1.97. The van der Waals surface area contributed by atoms with Gasteiger partial charge in [0.2, 0.25) is 0 Å². The minimum Gasteiger partial charge on any atom is -0.464 e. The number of hydrogen-bond donors (Lipinski definition) is 1. The highest BCUT2D eigenvalue weighted by Gasteiger charge is 2.22. The summed E-state index contributed by atoms with van der Waals surface area (Å²) >= 11 is 0. The van der Waals surface area contributed by atoms with E-state index in [0.29, 0.717) is 0 Å². The first kappa shape index (κ1) is 11.8. The molecule has 6 heteroatoms. The normalized spacial score (nSPS) is 19.5. The smallest absolute Gasteiger partial charge is 0.358 e. The van der Waals surface area contributed by atoms with E-state index in [1.807, 2.05) is 6.92 Å². The number of hydrogen-bond acceptors (Lipinski definition) is 6. The summed E-state index contributed by atoms with van der Waals surface area (Å²) in [4.78, 5) is 21.8. The molecule has 0 radical (unpaired) electrons. The second-order valence-corrected chi connectivity index (χ2v) is 4.15. The highest BCUT2D eigenvalue weighted by atomic mass is 16.5. The second kappa shape index (κ2) is 4.67. The topological polar surface area (TPSA) is 81.3 Å². The lowest BCUT2D eigenvalue weighted by Crippen LogP contribution is -2.27. The molecule has 2 N–H and O–H groups in total. The minimum absolute atomic E-state index is 0.191. The molecule has 0 aliphatic carbocycles. The van der Waals surface area contributed by atoms with Crippen LogP contribution in [-0.4, -0.2) is 42.2 Å². The average Bonchev–Trinajstić information content (AvgIpc) is 2.74. The summed E-state index contributed by atoms with van der Waals surface area (Å²) in [5, 5.41) is 0. The Hall–Kier alpha value is -1.69.